The molecule has 0 spiro atoms. The van der Waals surface area contributed by atoms with Crippen molar-refractivity contribution in [2.45, 2.75) is 0 Å². The van der Waals surface area contributed by atoms with E-state index < -0.39 is 11.6 Å². The second kappa shape index (κ2) is 10.0. The molecule has 4 heteroatoms. The normalized spacial score (nSPS) is 9.93. The van der Waals surface area contributed by atoms with Gasteiger partial charge >= 0.3 is 0 Å². The van der Waals surface area contributed by atoms with Crippen LogP contribution in [0.1, 0.15) is 31.8 Å². The fraction of sp³-hybridized carbons (Fsp3) is 0. The molecule has 0 unspecified atom stereocenters. The van der Waals surface area contributed by atoms with Crippen LogP contribution in [-0.4, -0.2) is 11.6 Å². The number of hydrogen-bond donors (Lipinski definition) is 0. The van der Waals surface area contributed by atoms with E-state index in [0.717, 1.165) is 11.1 Å². The maximum atomic E-state index is 12.6. The van der Waals surface area contributed by atoms with Crippen molar-refractivity contribution in [1.29, 1.82) is 0 Å². The molecule has 0 aliphatic heterocycles. The molecule has 0 bridgehead atoms. The predicted molar refractivity (Wildman–Crippen MR) is 113 cm³/mol. The van der Waals surface area contributed by atoms with E-state index in [-0.39, 0.29) is 11.6 Å². The first kappa shape index (κ1) is 20.8. The van der Waals surface area contributed by atoms with Crippen molar-refractivity contribution in [2.75, 3.05) is 0 Å². The maximum absolute atomic E-state index is 12.6. The van der Waals surface area contributed by atoms with Crippen LogP contribution in [0.25, 0.3) is 0 Å². The van der Waals surface area contributed by atoms with E-state index in [0.29, 0.717) is 11.1 Å². The molecule has 0 aliphatic carbocycles. The Labute approximate surface area is 173 Å². The van der Waals surface area contributed by atoms with E-state index in [9.17, 15) is 18.4 Å². The fourth-order valence-electron chi connectivity index (χ4n) is 2.71. The standard InChI is InChI=1S/C13H8F2O.C13H10O/c14-11-5-1-9(2-6-11)13(16)10-3-7-12(15)8-4-10;14-13(11-7-3-1-4-8-11)12-9-5-2-6-10-12/h1-8H;1-10H. The van der Waals surface area contributed by atoms with Gasteiger partial charge in [-0.2, -0.15) is 0 Å². The van der Waals surface area contributed by atoms with E-state index in [1.165, 1.54) is 48.5 Å². The Morgan fingerprint density at radius 1 is 0.400 bits per heavy atom. The minimum atomic E-state index is -0.393. The summed E-state index contributed by atoms with van der Waals surface area (Å²) in [6.07, 6.45) is 0. The summed E-state index contributed by atoms with van der Waals surface area (Å²) in [4.78, 5) is 23.7. The summed E-state index contributed by atoms with van der Waals surface area (Å²) in [5.74, 6) is -0.961. The molecule has 4 rings (SSSR count). The van der Waals surface area contributed by atoms with Crippen LogP contribution in [0.2, 0.25) is 0 Å². The number of carbonyl (C=O) groups is 2. The van der Waals surface area contributed by atoms with Gasteiger partial charge in [0.1, 0.15) is 11.6 Å². The van der Waals surface area contributed by atoms with Gasteiger partial charge in [0, 0.05) is 22.3 Å². The van der Waals surface area contributed by atoms with Crippen molar-refractivity contribution in [3.8, 4) is 0 Å². The largest absolute Gasteiger partial charge is 0.289 e. The van der Waals surface area contributed by atoms with Gasteiger partial charge in [-0.1, -0.05) is 60.7 Å². The van der Waals surface area contributed by atoms with Crippen LogP contribution in [0.4, 0.5) is 8.78 Å². The van der Waals surface area contributed by atoms with Gasteiger partial charge in [0.25, 0.3) is 0 Å². The zero-order valence-electron chi connectivity index (χ0n) is 16.0. The van der Waals surface area contributed by atoms with Crippen LogP contribution < -0.4 is 0 Å². The second-order valence-electron chi connectivity index (χ2n) is 6.40. The van der Waals surface area contributed by atoms with Crippen molar-refractivity contribution in [1.82, 2.24) is 0 Å². The Morgan fingerprint density at radius 3 is 0.967 bits per heavy atom. The highest BCUT2D eigenvalue weighted by molar-refractivity contribution is 6.09. The smallest absolute Gasteiger partial charge is 0.193 e. The zero-order chi connectivity index (χ0) is 21.3. The molecule has 4 aromatic carbocycles. The first-order valence-electron chi connectivity index (χ1n) is 9.25. The number of benzene rings is 4. The third-order valence-electron chi connectivity index (χ3n) is 4.28. The lowest BCUT2D eigenvalue weighted by molar-refractivity contribution is 0.103. The molecule has 0 saturated carbocycles. The molecule has 0 aliphatic rings. The topological polar surface area (TPSA) is 34.1 Å². The number of hydrogen-bond acceptors (Lipinski definition) is 2. The van der Waals surface area contributed by atoms with E-state index in [4.69, 9.17) is 0 Å². The lowest BCUT2D eigenvalue weighted by Gasteiger charge is -2.00. The highest BCUT2D eigenvalue weighted by atomic mass is 19.1. The van der Waals surface area contributed by atoms with Crippen molar-refractivity contribution < 1.29 is 18.4 Å². The molecule has 2 nitrogen and oxygen atoms in total. The van der Waals surface area contributed by atoms with Crippen molar-refractivity contribution in [2.24, 2.45) is 0 Å². The first-order valence-corrected chi connectivity index (χ1v) is 9.25. The molecule has 0 N–H and O–H groups in total. The first-order chi connectivity index (χ1) is 14.5. The van der Waals surface area contributed by atoms with Gasteiger partial charge in [-0.05, 0) is 48.5 Å². The van der Waals surface area contributed by atoms with Crippen LogP contribution >= 0.6 is 0 Å². The number of rotatable bonds is 4. The molecular weight excluding hydrogens is 382 g/mol. The quantitative estimate of drug-likeness (QED) is 0.387. The molecule has 30 heavy (non-hydrogen) atoms. The Balaban J connectivity index is 0.000000172. The monoisotopic (exact) mass is 400 g/mol. The molecule has 4 aromatic rings. The maximum Gasteiger partial charge on any atom is 0.193 e. The summed E-state index contributed by atoms with van der Waals surface area (Å²) < 4.78 is 25.3. The van der Waals surface area contributed by atoms with E-state index in [1.807, 2.05) is 60.7 Å². The van der Waals surface area contributed by atoms with E-state index >= 15 is 0 Å². The van der Waals surface area contributed by atoms with Crippen LogP contribution in [0, 0.1) is 11.6 Å². The van der Waals surface area contributed by atoms with Gasteiger partial charge in [-0.3, -0.25) is 9.59 Å². The van der Waals surface area contributed by atoms with E-state index in [1.54, 1.807) is 0 Å². The van der Waals surface area contributed by atoms with Crippen LogP contribution in [0.3, 0.4) is 0 Å². The average Bonchev–Trinajstić information content (AvgIpc) is 2.81. The van der Waals surface area contributed by atoms with E-state index in [2.05, 4.69) is 0 Å². The Hall–Kier alpha value is -3.92. The number of halogens is 2. The predicted octanol–water partition coefficient (Wildman–Crippen LogP) is 6.11. The molecule has 0 radical (unpaired) electrons. The summed E-state index contributed by atoms with van der Waals surface area (Å²) in [6.45, 7) is 0. The summed E-state index contributed by atoms with van der Waals surface area (Å²) >= 11 is 0. The third-order valence-corrected chi connectivity index (χ3v) is 4.28. The van der Waals surface area contributed by atoms with Gasteiger partial charge < -0.3 is 0 Å². The van der Waals surface area contributed by atoms with Crippen LogP contribution in [0.5, 0.6) is 0 Å². The number of carbonyl (C=O) groups excluding carboxylic acids is 2. The van der Waals surface area contributed by atoms with Gasteiger partial charge in [-0.15, -0.1) is 0 Å². The Morgan fingerprint density at radius 2 is 0.667 bits per heavy atom. The van der Waals surface area contributed by atoms with Crippen molar-refractivity contribution in [3.05, 3.63) is 143 Å². The van der Waals surface area contributed by atoms with Gasteiger partial charge in [-0.25, -0.2) is 8.78 Å². The molecule has 0 amide bonds. The molecule has 0 heterocycles. The second-order valence-corrected chi connectivity index (χ2v) is 6.40. The number of ketones is 2. The minimum absolute atomic E-state index is 0.0752. The molecular formula is C26H18F2O2. The third kappa shape index (κ3) is 5.55. The SMILES string of the molecule is O=C(c1ccc(F)cc1)c1ccc(F)cc1.O=C(c1ccccc1)c1ccccc1. The average molecular weight is 400 g/mol. The Kier molecular flexibility index (Phi) is 6.95. The molecule has 148 valence electrons. The highest BCUT2D eigenvalue weighted by Gasteiger charge is 2.08. The van der Waals surface area contributed by atoms with Crippen LogP contribution in [0.15, 0.2) is 109 Å². The summed E-state index contributed by atoms with van der Waals surface area (Å²) in [5.41, 5.74) is 2.23. The van der Waals surface area contributed by atoms with Gasteiger partial charge in [0.05, 0.1) is 0 Å². The summed E-state index contributed by atoms with van der Waals surface area (Å²) in [6, 6.07) is 29.1. The van der Waals surface area contributed by atoms with Gasteiger partial charge in [0.15, 0.2) is 11.6 Å². The molecule has 0 aromatic heterocycles. The highest BCUT2D eigenvalue weighted by Crippen LogP contribution is 2.11. The molecule has 0 atom stereocenters. The van der Waals surface area contributed by atoms with Crippen molar-refractivity contribution >= 4 is 11.6 Å². The molecule has 0 saturated heterocycles. The zero-order valence-corrected chi connectivity index (χ0v) is 16.0. The lowest BCUT2D eigenvalue weighted by atomic mass is 10.0. The van der Waals surface area contributed by atoms with Crippen LogP contribution in [-0.2, 0) is 0 Å². The Bertz CT molecular complexity index is 1020. The van der Waals surface area contributed by atoms with Gasteiger partial charge in [0.2, 0.25) is 0 Å². The lowest BCUT2D eigenvalue weighted by Crippen LogP contribution is -2.01. The molecule has 0 fully saturated rings. The summed E-state index contributed by atoms with van der Waals surface area (Å²) in [5, 5.41) is 0. The fourth-order valence-corrected chi connectivity index (χ4v) is 2.71. The minimum Gasteiger partial charge on any atom is -0.289 e. The summed E-state index contributed by atoms with van der Waals surface area (Å²) in [7, 11) is 0. The van der Waals surface area contributed by atoms with Crippen molar-refractivity contribution in [3.63, 3.8) is 0 Å².